The van der Waals surface area contributed by atoms with Crippen LogP contribution in [0.3, 0.4) is 0 Å². The lowest BCUT2D eigenvalue weighted by Gasteiger charge is -2.30. The van der Waals surface area contributed by atoms with Gasteiger partial charge in [0.05, 0.1) is 17.7 Å². The molecule has 0 aliphatic carbocycles. The number of amides is 1. The second kappa shape index (κ2) is 6.02. The second-order valence-corrected chi connectivity index (χ2v) is 6.64. The average Bonchev–Trinajstić information content (AvgIpc) is 2.72. The van der Waals surface area contributed by atoms with E-state index in [1.54, 1.807) is 0 Å². The molecule has 3 rings (SSSR count). The van der Waals surface area contributed by atoms with Gasteiger partial charge in [0, 0.05) is 31.1 Å². The van der Waals surface area contributed by atoms with Gasteiger partial charge in [0.25, 0.3) is 0 Å². The number of nitrogens with two attached hydrogens (primary N) is 1. The first-order chi connectivity index (χ1) is 10.5. The highest BCUT2D eigenvalue weighted by molar-refractivity contribution is 7.71. The van der Waals surface area contributed by atoms with Crippen LogP contribution in [0.2, 0.25) is 5.02 Å². The number of likely N-dealkylation sites (tertiary alicyclic amines) is 1. The smallest absolute Gasteiger partial charge is 0.220 e. The third kappa shape index (κ3) is 2.78. The molecule has 1 aliphatic heterocycles. The third-order valence-corrected chi connectivity index (χ3v) is 5.17. The molecular formula is C15H19ClN4OS. The van der Waals surface area contributed by atoms with Crippen molar-refractivity contribution in [2.45, 2.75) is 19.5 Å². The predicted octanol–water partition coefficient (Wildman–Crippen LogP) is 2.52. The summed E-state index contributed by atoms with van der Waals surface area (Å²) in [4.78, 5) is 13.6. The Bertz CT molecular complexity index is 774. The number of benzene rings is 1. The van der Waals surface area contributed by atoms with Crippen molar-refractivity contribution < 1.29 is 4.79 Å². The second-order valence-electron chi connectivity index (χ2n) is 5.84. The monoisotopic (exact) mass is 338 g/mol. The van der Waals surface area contributed by atoms with E-state index in [-0.39, 0.29) is 11.8 Å². The molecule has 1 aromatic carbocycles. The Balaban J connectivity index is 1.86. The number of primary amides is 1. The molecule has 0 radical (unpaired) electrons. The van der Waals surface area contributed by atoms with Gasteiger partial charge < -0.3 is 14.9 Å². The van der Waals surface area contributed by atoms with Gasteiger partial charge in [-0.1, -0.05) is 11.6 Å². The van der Waals surface area contributed by atoms with Crippen LogP contribution >= 0.6 is 23.8 Å². The highest BCUT2D eigenvalue weighted by atomic mass is 35.5. The molecule has 7 heteroatoms. The number of aromatic nitrogens is 2. The minimum Gasteiger partial charge on any atom is -0.369 e. The largest absolute Gasteiger partial charge is 0.369 e. The summed E-state index contributed by atoms with van der Waals surface area (Å²) in [6.45, 7) is 2.42. The van der Waals surface area contributed by atoms with E-state index in [2.05, 4.69) is 9.47 Å². The fourth-order valence-corrected chi connectivity index (χ4v) is 3.50. The summed E-state index contributed by atoms with van der Waals surface area (Å²) >= 11 is 11.7. The van der Waals surface area contributed by atoms with Gasteiger partial charge in [-0.25, -0.2) is 0 Å². The molecule has 0 unspecified atom stereocenters. The number of carbonyl (C=O) groups is 1. The summed E-state index contributed by atoms with van der Waals surface area (Å²) in [6, 6.07) is 5.81. The van der Waals surface area contributed by atoms with Crippen LogP contribution in [0.5, 0.6) is 0 Å². The Morgan fingerprint density at radius 3 is 2.68 bits per heavy atom. The first-order valence-corrected chi connectivity index (χ1v) is 8.12. The number of hydrogen-bond acceptors (Lipinski definition) is 3. The highest BCUT2D eigenvalue weighted by Gasteiger charge is 2.23. The summed E-state index contributed by atoms with van der Waals surface area (Å²) in [5.74, 6) is -0.181. The normalized spacial score (nSPS) is 17.2. The fourth-order valence-electron chi connectivity index (χ4n) is 3.08. The van der Waals surface area contributed by atoms with Gasteiger partial charge in [0.1, 0.15) is 0 Å². The van der Waals surface area contributed by atoms with E-state index >= 15 is 0 Å². The van der Waals surface area contributed by atoms with Crippen LogP contribution < -0.4 is 5.73 Å². The topological polar surface area (TPSA) is 56.2 Å². The van der Waals surface area contributed by atoms with E-state index in [1.165, 1.54) is 0 Å². The van der Waals surface area contributed by atoms with Crippen molar-refractivity contribution in [2.75, 3.05) is 13.1 Å². The van der Waals surface area contributed by atoms with Crippen LogP contribution in [-0.2, 0) is 18.5 Å². The van der Waals surface area contributed by atoms with E-state index < -0.39 is 0 Å². The van der Waals surface area contributed by atoms with Crippen molar-refractivity contribution in [1.82, 2.24) is 14.0 Å². The molecule has 1 saturated heterocycles. The number of halogens is 1. The van der Waals surface area contributed by atoms with Crippen LogP contribution in [0.4, 0.5) is 0 Å². The molecule has 1 aliphatic rings. The lowest BCUT2D eigenvalue weighted by atomic mass is 9.97. The Hall–Kier alpha value is -1.37. The van der Waals surface area contributed by atoms with Crippen molar-refractivity contribution >= 4 is 40.8 Å². The molecule has 0 bridgehead atoms. The molecule has 5 nitrogen and oxygen atoms in total. The molecule has 2 N–H and O–H groups in total. The minimum absolute atomic E-state index is 0.00573. The summed E-state index contributed by atoms with van der Waals surface area (Å²) in [5.41, 5.74) is 7.50. The quantitative estimate of drug-likeness (QED) is 0.875. The number of carbonyl (C=O) groups excluding carboxylic acids is 1. The molecule has 2 aromatic rings. The number of aryl methyl sites for hydroxylation is 1. The number of fused-ring (bicyclic) bond motifs is 1. The van der Waals surface area contributed by atoms with Crippen LogP contribution in [-0.4, -0.2) is 33.0 Å². The van der Waals surface area contributed by atoms with Gasteiger partial charge in [-0.15, -0.1) is 0 Å². The van der Waals surface area contributed by atoms with Gasteiger partial charge in [-0.05, 0) is 43.3 Å². The minimum atomic E-state index is -0.187. The van der Waals surface area contributed by atoms with Crippen molar-refractivity contribution in [3.05, 3.63) is 28.0 Å². The van der Waals surface area contributed by atoms with E-state index in [1.807, 2.05) is 29.8 Å². The molecule has 22 heavy (non-hydrogen) atoms. The van der Waals surface area contributed by atoms with Gasteiger partial charge in [0.15, 0.2) is 4.77 Å². The summed E-state index contributed by atoms with van der Waals surface area (Å²) in [5, 5.41) is 0.703. The van der Waals surface area contributed by atoms with Gasteiger partial charge in [-0.2, -0.15) is 0 Å². The average molecular weight is 339 g/mol. The van der Waals surface area contributed by atoms with Crippen molar-refractivity contribution in [1.29, 1.82) is 0 Å². The van der Waals surface area contributed by atoms with Crippen LogP contribution in [0, 0.1) is 10.7 Å². The highest BCUT2D eigenvalue weighted by Crippen LogP contribution is 2.23. The first kappa shape index (κ1) is 15.5. The van der Waals surface area contributed by atoms with E-state index in [9.17, 15) is 4.79 Å². The molecule has 0 spiro atoms. The zero-order valence-electron chi connectivity index (χ0n) is 12.5. The molecule has 118 valence electrons. The van der Waals surface area contributed by atoms with Gasteiger partial charge >= 0.3 is 0 Å². The maximum absolute atomic E-state index is 11.3. The number of piperidine rings is 1. The SMILES string of the molecule is Cn1c(=S)n(CN2CCC(C(N)=O)CC2)c2cc(Cl)ccc21. The molecule has 2 heterocycles. The van der Waals surface area contributed by atoms with Crippen LogP contribution in [0.15, 0.2) is 18.2 Å². The zero-order valence-corrected chi connectivity index (χ0v) is 14.0. The lowest BCUT2D eigenvalue weighted by Crippen LogP contribution is -2.39. The van der Waals surface area contributed by atoms with E-state index in [0.717, 1.165) is 41.7 Å². The van der Waals surface area contributed by atoms with E-state index in [4.69, 9.17) is 29.6 Å². The van der Waals surface area contributed by atoms with Gasteiger partial charge in [0.2, 0.25) is 5.91 Å². The number of rotatable bonds is 3. The molecule has 1 amide bonds. The number of nitrogens with zero attached hydrogens (tertiary/aromatic N) is 3. The summed E-state index contributed by atoms with van der Waals surface area (Å²) in [6.07, 6.45) is 1.63. The standard InChI is InChI=1S/C15H19ClN4OS/c1-18-12-3-2-11(16)8-13(12)20(15(18)22)9-19-6-4-10(5-7-19)14(17)21/h2-3,8,10H,4-7,9H2,1H3,(H2,17,21). The van der Waals surface area contributed by atoms with Crippen molar-refractivity contribution in [2.24, 2.45) is 18.7 Å². The Kier molecular flexibility index (Phi) is 4.25. The van der Waals surface area contributed by atoms with Crippen LogP contribution in [0.25, 0.3) is 11.0 Å². The van der Waals surface area contributed by atoms with E-state index in [0.29, 0.717) is 11.7 Å². The fraction of sp³-hybridized carbons (Fsp3) is 0.467. The Morgan fingerprint density at radius 2 is 2.05 bits per heavy atom. The summed E-state index contributed by atoms with van der Waals surface area (Å²) in [7, 11) is 1.97. The third-order valence-electron chi connectivity index (χ3n) is 4.44. The molecule has 1 aromatic heterocycles. The molecule has 0 atom stereocenters. The number of hydrogen-bond donors (Lipinski definition) is 1. The van der Waals surface area contributed by atoms with Crippen molar-refractivity contribution in [3.63, 3.8) is 0 Å². The molecular weight excluding hydrogens is 320 g/mol. The Labute approximate surface area is 139 Å². The maximum Gasteiger partial charge on any atom is 0.220 e. The molecule has 1 fully saturated rings. The van der Waals surface area contributed by atoms with Crippen LogP contribution in [0.1, 0.15) is 12.8 Å². The zero-order chi connectivity index (χ0) is 15.9. The van der Waals surface area contributed by atoms with Gasteiger partial charge in [-0.3, -0.25) is 9.69 Å². The first-order valence-electron chi connectivity index (χ1n) is 7.34. The lowest BCUT2D eigenvalue weighted by molar-refractivity contribution is -0.123. The Morgan fingerprint density at radius 1 is 1.36 bits per heavy atom. The van der Waals surface area contributed by atoms with Crippen molar-refractivity contribution in [3.8, 4) is 0 Å². The summed E-state index contributed by atoms with van der Waals surface area (Å²) < 4.78 is 4.87. The maximum atomic E-state index is 11.3. The number of imidazole rings is 1. The predicted molar refractivity (Wildman–Crippen MR) is 90.2 cm³/mol. The molecule has 0 saturated carbocycles.